The van der Waals surface area contributed by atoms with Gasteiger partial charge >= 0.3 is 6.09 Å². The summed E-state index contributed by atoms with van der Waals surface area (Å²) in [6.07, 6.45) is -0.704. The van der Waals surface area contributed by atoms with Crippen LogP contribution in [0.15, 0.2) is 30.3 Å². The van der Waals surface area contributed by atoms with Crippen molar-refractivity contribution in [3.05, 3.63) is 30.3 Å². The third kappa shape index (κ3) is 2.80. The fraction of sp³-hybridized carbons (Fsp3) is 0.273. The summed E-state index contributed by atoms with van der Waals surface area (Å²) in [6.45, 7) is 1.64. The Morgan fingerprint density at radius 3 is 2.44 bits per heavy atom. The molecule has 0 bridgehead atoms. The molecule has 0 saturated carbocycles. The van der Waals surface area contributed by atoms with Crippen molar-refractivity contribution in [2.24, 2.45) is 5.73 Å². The molecule has 0 aliphatic carbocycles. The Labute approximate surface area is 93.8 Å². The van der Waals surface area contributed by atoms with Crippen molar-refractivity contribution in [3.63, 3.8) is 0 Å². The number of hydrogen-bond acceptors (Lipinski definition) is 4. The maximum Gasteiger partial charge on any atom is 0.421 e. The first-order valence-electron chi connectivity index (χ1n) is 4.95. The molecule has 1 aromatic carbocycles. The monoisotopic (exact) mass is 222 g/mol. The normalized spacial score (nSPS) is 9.62. The first-order valence-corrected chi connectivity index (χ1v) is 4.95. The number of carbonyl (C=O) groups is 2. The second-order valence-electron chi connectivity index (χ2n) is 2.97. The Balaban J connectivity index is 2.97. The minimum Gasteiger partial charge on any atom is -0.449 e. The van der Waals surface area contributed by atoms with E-state index in [9.17, 15) is 9.59 Å². The molecule has 0 aromatic heterocycles. The number of imide groups is 1. The van der Waals surface area contributed by atoms with Crippen molar-refractivity contribution >= 4 is 17.7 Å². The molecule has 0 heterocycles. The van der Waals surface area contributed by atoms with Crippen molar-refractivity contribution in [2.45, 2.75) is 6.92 Å². The van der Waals surface area contributed by atoms with Gasteiger partial charge in [0.05, 0.1) is 18.8 Å². The molecule has 0 spiro atoms. The number of amides is 2. The smallest absolute Gasteiger partial charge is 0.421 e. The predicted molar refractivity (Wildman–Crippen MR) is 60.0 cm³/mol. The van der Waals surface area contributed by atoms with E-state index in [4.69, 9.17) is 10.5 Å². The molecule has 86 valence electrons. The lowest BCUT2D eigenvalue weighted by atomic mass is 10.3. The zero-order valence-corrected chi connectivity index (χ0v) is 9.05. The lowest BCUT2D eigenvalue weighted by Crippen LogP contribution is -2.41. The van der Waals surface area contributed by atoms with Gasteiger partial charge in [0.1, 0.15) is 0 Å². The van der Waals surface area contributed by atoms with Gasteiger partial charge in [0.2, 0.25) is 5.91 Å². The highest BCUT2D eigenvalue weighted by Crippen LogP contribution is 2.14. The van der Waals surface area contributed by atoms with Crippen molar-refractivity contribution in [3.8, 4) is 0 Å². The first kappa shape index (κ1) is 12.2. The number of ether oxygens (including phenoxy) is 1. The molecule has 0 radical (unpaired) electrons. The fourth-order valence-electron chi connectivity index (χ4n) is 1.21. The summed E-state index contributed by atoms with van der Waals surface area (Å²) >= 11 is 0. The molecule has 0 saturated heterocycles. The molecule has 1 rings (SSSR count). The van der Waals surface area contributed by atoms with Gasteiger partial charge in [-0.3, -0.25) is 4.79 Å². The van der Waals surface area contributed by atoms with Crippen LogP contribution in [0.25, 0.3) is 0 Å². The van der Waals surface area contributed by atoms with Crippen LogP contribution in [-0.4, -0.2) is 25.2 Å². The number of para-hydroxylation sites is 1. The van der Waals surface area contributed by atoms with E-state index in [0.29, 0.717) is 5.69 Å². The number of anilines is 1. The van der Waals surface area contributed by atoms with E-state index in [-0.39, 0.29) is 13.2 Å². The van der Waals surface area contributed by atoms with Crippen LogP contribution in [0.1, 0.15) is 6.92 Å². The van der Waals surface area contributed by atoms with E-state index >= 15 is 0 Å². The van der Waals surface area contributed by atoms with Gasteiger partial charge in [-0.15, -0.1) is 0 Å². The SMILES string of the molecule is CCOC(=O)N(C(=O)CN)c1ccccc1. The Bertz CT molecular complexity index is 365. The van der Waals surface area contributed by atoms with Crippen LogP contribution in [0.3, 0.4) is 0 Å². The van der Waals surface area contributed by atoms with Gasteiger partial charge < -0.3 is 10.5 Å². The van der Waals surface area contributed by atoms with E-state index in [1.807, 2.05) is 0 Å². The number of hydrogen-bond donors (Lipinski definition) is 1. The van der Waals surface area contributed by atoms with Gasteiger partial charge in [-0.2, -0.15) is 0 Å². The van der Waals surface area contributed by atoms with E-state index in [0.717, 1.165) is 4.90 Å². The number of carbonyl (C=O) groups excluding carboxylic acids is 2. The topological polar surface area (TPSA) is 72.6 Å². The summed E-state index contributed by atoms with van der Waals surface area (Å²) in [6, 6.07) is 8.53. The van der Waals surface area contributed by atoms with Gasteiger partial charge in [0, 0.05) is 0 Å². The highest BCUT2D eigenvalue weighted by Gasteiger charge is 2.22. The Hall–Kier alpha value is -1.88. The minimum absolute atomic E-state index is 0.208. The lowest BCUT2D eigenvalue weighted by molar-refractivity contribution is -0.116. The van der Waals surface area contributed by atoms with Crippen LogP contribution >= 0.6 is 0 Å². The first-order chi connectivity index (χ1) is 7.70. The maximum atomic E-state index is 11.6. The van der Waals surface area contributed by atoms with Crippen LogP contribution in [0.5, 0.6) is 0 Å². The van der Waals surface area contributed by atoms with Crippen LogP contribution in [0.4, 0.5) is 10.5 Å². The van der Waals surface area contributed by atoms with Crippen LogP contribution in [0, 0.1) is 0 Å². The van der Waals surface area contributed by atoms with E-state index in [2.05, 4.69) is 0 Å². The summed E-state index contributed by atoms with van der Waals surface area (Å²) in [7, 11) is 0. The summed E-state index contributed by atoms with van der Waals surface area (Å²) in [5, 5.41) is 0. The summed E-state index contributed by atoms with van der Waals surface area (Å²) in [5.74, 6) is -0.496. The van der Waals surface area contributed by atoms with Crippen LogP contribution < -0.4 is 10.6 Å². The number of nitrogens with two attached hydrogens (primary N) is 1. The summed E-state index contributed by atoms with van der Waals surface area (Å²) in [5.41, 5.74) is 5.70. The van der Waals surface area contributed by atoms with Crippen LogP contribution in [-0.2, 0) is 9.53 Å². The second kappa shape index (κ2) is 5.87. The molecule has 2 N–H and O–H groups in total. The highest BCUT2D eigenvalue weighted by molar-refractivity contribution is 6.12. The molecule has 0 fully saturated rings. The largest absolute Gasteiger partial charge is 0.449 e. The molecule has 0 aliphatic heterocycles. The summed E-state index contributed by atoms with van der Waals surface area (Å²) < 4.78 is 4.79. The van der Waals surface area contributed by atoms with Crippen molar-refractivity contribution in [2.75, 3.05) is 18.1 Å². The Morgan fingerprint density at radius 2 is 1.94 bits per heavy atom. The van der Waals surface area contributed by atoms with Gasteiger partial charge in [-0.1, -0.05) is 18.2 Å². The molecule has 0 atom stereocenters. The molecule has 16 heavy (non-hydrogen) atoms. The average Bonchev–Trinajstić information content (AvgIpc) is 2.31. The summed E-state index contributed by atoms with van der Waals surface area (Å²) in [4.78, 5) is 24.0. The number of rotatable bonds is 3. The van der Waals surface area contributed by atoms with Gasteiger partial charge in [0.15, 0.2) is 0 Å². The zero-order chi connectivity index (χ0) is 12.0. The average molecular weight is 222 g/mol. The van der Waals surface area contributed by atoms with E-state index in [1.54, 1.807) is 37.3 Å². The third-order valence-corrected chi connectivity index (χ3v) is 1.89. The Kier molecular flexibility index (Phi) is 4.47. The van der Waals surface area contributed by atoms with Crippen molar-refractivity contribution in [1.82, 2.24) is 0 Å². The predicted octanol–water partition coefficient (Wildman–Crippen LogP) is 1.13. The second-order valence-corrected chi connectivity index (χ2v) is 2.97. The highest BCUT2D eigenvalue weighted by atomic mass is 16.6. The number of benzene rings is 1. The molecule has 5 heteroatoms. The molecule has 0 aliphatic rings. The Morgan fingerprint density at radius 1 is 1.31 bits per heavy atom. The number of nitrogens with zero attached hydrogens (tertiary/aromatic N) is 1. The van der Waals surface area contributed by atoms with Gasteiger partial charge in [-0.05, 0) is 19.1 Å². The minimum atomic E-state index is -0.704. The molecule has 0 unspecified atom stereocenters. The third-order valence-electron chi connectivity index (χ3n) is 1.89. The quantitative estimate of drug-likeness (QED) is 0.832. The molecule has 1 aromatic rings. The fourth-order valence-corrected chi connectivity index (χ4v) is 1.21. The molecule has 5 nitrogen and oxygen atoms in total. The van der Waals surface area contributed by atoms with E-state index < -0.39 is 12.0 Å². The van der Waals surface area contributed by atoms with Gasteiger partial charge in [0.25, 0.3) is 0 Å². The van der Waals surface area contributed by atoms with Crippen molar-refractivity contribution in [1.29, 1.82) is 0 Å². The molecular weight excluding hydrogens is 208 g/mol. The maximum absolute atomic E-state index is 11.6. The molecular formula is C11H14N2O3. The molecule has 2 amide bonds. The zero-order valence-electron chi connectivity index (χ0n) is 9.05. The van der Waals surface area contributed by atoms with Gasteiger partial charge in [-0.25, -0.2) is 9.69 Å². The van der Waals surface area contributed by atoms with Crippen LogP contribution in [0.2, 0.25) is 0 Å². The standard InChI is InChI=1S/C11H14N2O3/c1-2-16-11(15)13(10(14)8-12)9-6-4-3-5-7-9/h3-7H,2,8,12H2,1H3. The lowest BCUT2D eigenvalue weighted by Gasteiger charge is -2.19. The van der Waals surface area contributed by atoms with Crippen molar-refractivity contribution < 1.29 is 14.3 Å². The van der Waals surface area contributed by atoms with E-state index in [1.165, 1.54) is 0 Å².